The van der Waals surface area contributed by atoms with Crippen LogP contribution in [0.25, 0.3) is 10.8 Å². The number of aliphatic hydroxyl groups excluding tert-OH is 1. The largest absolute Gasteiger partial charge is 0.391 e. The Kier molecular flexibility index (Phi) is 3.38. The molecule has 3 nitrogen and oxygen atoms in total. The normalized spacial score (nSPS) is 17.9. The van der Waals surface area contributed by atoms with Gasteiger partial charge in [0.1, 0.15) is 0 Å². The summed E-state index contributed by atoms with van der Waals surface area (Å²) >= 11 is 0. The van der Waals surface area contributed by atoms with E-state index in [0.717, 1.165) is 23.6 Å². The van der Waals surface area contributed by atoms with E-state index in [0.29, 0.717) is 12.5 Å². The number of hydrogen-bond acceptors (Lipinski definition) is 2. The minimum Gasteiger partial charge on any atom is -0.391 e. The summed E-state index contributed by atoms with van der Waals surface area (Å²) in [5.41, 5.74) is -0.00449. The number of pyridine rings is 1. The molecule has 0 spiro atoms. The third kappa shape index (κ3) is 2.43. The second kappa shape index (κ2) is 5.17. The number of aromatic nitrogens is 1. The van der Waals surface area contributed by atoms with E-state index in [4.69, 9.17) is 0 Å². The van der Waals surface area contributed by atoms with Crippen LogP contribution in [0.15, 0.2) is 41.3 Å². The second-order valence-electron chi connectivity index (χ2n) is 5.47. The van der Waals surface area contributed by atoms with Crippen LogP contribution in [0.3, 0.4) is 0 Å². The van der Waals surface area contributed by atoms with Crippen LogP contribution in [0, 0.1) is 5.92 Å². The first-order valence-corrected chi connectivity index (χ1v) is 7.02. The summed E-state index contributed by atoms with van der Waals surface area (Å²) in [5.74, 6) is 0.360. The van der Waals surface area contributed by atoms with Gasteiger partial charge in [-0.2, -0.15) is 0 Å². The van der Waals surface area contributed by atoms with Gasteiger partial charge in [-0.15, -0.1) is 0 Å². The summed E-state index contributed by atoms with van der Waals surface area (Å²) in [6, 6.07) is 9.53. The highest BCUT2D eigenvalue weighted by molar-refractivity contribution is 5.81. The lowest BCUT2D eigenvalue weighted by molar-refractivity contribution is 0.0922. The van der Waals surface area contributed by atoms with Crippen molar-refractivity contribution >= 4 is 10.8 Å². The maximum atomic E-state index is 12.3. The van der Waals surface area contributed by atoms with Crippen LogP contribution in [0.2, 0.25) is 0 Å². The zero-order valence-electron chi connectivity index (χ0n) is 11.0. The monoisotopic (exact) mass is 257 g/mol. The summed E-state index contributed by atoms with van der Waals surface area (Å²) in [4.78, 5) is 12.3. The van der Waals surface area contributed by atoms with E-state index < -0.39 is 6.10 Å². The van der Waals surface area contributed by atoms with Crippen LogP contribution in [0.1, 0.15) is 25.7 Å². The minimum absolute atomic E-state index is 0.00449. The molecule has 0 aliphatic heterocycles. The molecule has 1 N–H and O–H groups in total. The van der Waals surface area contributed by atoms with Crippen molar-refractivity contribution in [2.75, 3.05) is 0 Å². The molecular formula is C16H19NO2. The highest BCUT2D eigenvalue weighted by Gasteiger charge is 2.23. The Morgan fingerprint density at radius 3 is 2.74 bits per heavy atom. The van der Waals surface area contributed by atoms with Crippen LogP contribution < -0.4 is 5.56 Å². The Hall–Kier alpha value is -1.61. The zero-order chi connectivity index (χ0) is 13.2. The van der Waals surface area contributed by atoms with Gasteiger partial charge in [0.05, 0.1) is 12.6 Å². The second-order valence-corrected chi connectivity index (χ2v) is 5.47. The van der Waals surface area contributed by atoms with Gasteiger partial charge in [-0.05, 0) is 36.3 Å². The number of rotatable bonds is 3. The van der Waals surface area contributed by atoms with E-state index in [1.807, 2.05) is 30.3 Å². The van der Waals surface area contributed by atoms with E-state index in [1.165, 1.54) is 12.8 Å². The molecule has 0 saturated heterocycles. The van der Waals surface area contributed by atoms with Crippen molar-refractivity contribution in [1.29, 1.82) is 0 Å². The van der Waals surface area contributed by atoms with E-state index in [2.05, 4.69) is 0 Å². The van der Waals surface area contributed by atoms with Crippen molar-refractivity contribution in [2.45, 2.75) is 38.3 Å². The average Bonchev–Trinajstić information content (AvgIpc) is 2.96. The lowest BCUT2D eigenvalue weighted by Gasteiger charge is -2.18. The fourth-order valence-electron chi connectivity index (χ4n) is 3.07. The van der Waals surface area contributed by atoms with Crippen molar-refractivity contribution in [1.82, 2.24) is 4.57 Å². The molecule has 0 bridgehead atoms. The third-order valence-electron chi connectivity index (χ3n) is 4.21. The van der Waals surface area contributed by atoms with Gasteiger partial charge < -0.3 is 9.67 Å². The summed E-state index contributed by atoms with van der Waals surface area (Å²) < 4.78 is 1.64. The Balaban J connectivity index is 1.88. The maximum absolute atomic E-state index is 12.3. The number of aliphatic hydroxyl groups is 1. The van der Waals surface area contributed by atoms with Crippen molar-refractivity contribution in [2.24, 2.45) is 5.92 Å². The molecular weight excluding hydrogens is 238 g/mol. The van der Waals surface area contributed by atoms with Gasteiger partial charge in [0.2, 0.25) is 0 Å². The first-order chi connectivity index (χ1) is 9.25. The number of hydrogen-bond donors (Lipinski definition) is 1. The fourth-order valence-corrected chi connectivity index (χ4v) is 3.07. The molecule has 0 radical (unpaired) electrons. The molecule has 1 aliphatic rings. The van der Waals surface area contributed by atoms with Crippen molar-refractivity contribution in [3.8, 4) is 0 Å². The molecule has 1 fully saturated rings. The molecule has 3 heteroatoms. The Labute approximate surface area is 112 Å². The van der Waals surface area contributed by atoms with E-state index in [-0.39, 0.29) is 5.56 Å². The predicted octanol–water partition coefficient (Wildman–Crippen LogP) is 2.55. The highest BCUT2D eigenvalue weighted by Crippen LogP contribution is 2.28. The molecule has 1 heterocycles. The lowest BCUT2D eigenvalue weighted by Crippen LogP contribution is -2.30. The van der Waals surface area contributed by atoms with Crippen molar-refractivity contribution in [3.63, 3.8) is 0 Å². The molecule has 1 atom stereocenters. The molecule has 1 unspecified atom stereocenters. The molecule has 1 saturated carbocycles. The zero-order valence-corrected chi connectivity index (χ0v) is 11.0. The fraction of sp³-hybridized carbons (Fsp3) is 0.438. The molecule has 1 aliphatic carbocycles. The SMILES string of the molecule is O=c1c2ccccc2ccn1CC(O)C1CCCC1. The number of nitrogens with zero attached hydrogens (tertiary/aromatic N) is 1. The first-order valence-electron chi connectivity index (χ1n) is 7.02. The molecule has 1 aromatic heterocycles. The van der Waals surface area contributed by atoms with Gasteiger partial charge in [-0.25, -0.2) is 0 Å². The maximum Gasteiger partial charge on any atom is 0.258 e. The molecule has 1 aromatic carbocycles. The van der Waals surface area contributed by atoms with E-state index in [1.54, 1.807) is 10.8 Å². The standard InChI is InChI=1S/C16H19NO2/c18-15(13-6-1-2-7-13)11-17-10-9-12-5-3-4-8-14(12)16(17)19/h3-5,8-10,13,15,18H,1-2,6-7,11H2. The van der Waals surface area contributed by atoms with Crippen LogP contribution >= 0.6 is 0 Å². The molecule has 3 rings (SSSR count). The van der Waals surface area contributed by atoms with Crippen LogP contribution in [-0.2, 0) is 6.54 Å². The summed E-state index contributed by atoms with van der Waals surface area (Å²) in [7, 11) is 0. The van der Waals surface area contributed by atoms with Gasteiger partial charge in [-0.3, -0.25) is 4.79 Å². The Morgan fingerprint density at radius 1 is 1.21 bits per heavy atom. The minimum atomic E-state index is -0.402. The highest BCUT2D eigenvalue weighted by atomic mass is 16.3. The summed E-state index contributed by atoms with van der Waals surface area (Å²) in [6.45, 7) is 0.411. The van der Waals surface area contributed by atoms with Gasteiger partial charge in [-0.1, -0.05) is 31.0 Å². The van der Waals surface area contributed by atoms with Crippen LogP contribution in [0.4, 0.5) is 0 Å². The lowest BCUT2D eigenvalue weighted by atomic mass is 10.0. The summed E-state index contributed by atoms with van der Waals surface area (Å²) in [6.07, 6.45) is 5.97. The smallest absolute Gasteiger partial charge is 0.258 e. The van der Waals surface area contributed by atoms with Gasteiger partial charge >= 0.3 is 0 Å². The Bertz CT molecular complexity index is 626. The van der Waals surface area contributed by atoms with Crippen LogP contribution in [-0.4, -0.2) is 15.8 Å². The quantitative estimate of drug-likeness (QED) is 0.918. The third-order valence-corrected chi connectivity index (χ3v) is 4.21. The molecule has 2 aromatic rings. The van der Waals surface area contributed by atoms with E-state index >= 15 is 0 Å². The molecule has 19 heavy (non-hydrogen) atoms. The Morgan fingerprint density at radius 2 is 1.95 bits per heavy atom. The van der Waals surface area contributed by atoms with Gasteiger partial charge in [0.25, 0.3) is 5.56 Å². The van der Waals surface area contributed by atoms with Crippen molar-refractivity contribution < 1.29 is 5.11 Å². The molecule has 0 amide bonds. The van der Waals surface area contributed by atoms with E-state index in [9.17, 15) is 9.90 Å². The average molecular weight is 257 g/mol. The van der Waals surface area contributed by atoms with Crippen LogP contribution in [0.5, 0.6) is 0 Å². The van der Waals surface area contributed by atoms with Gasteiger partial charge in [0.15, 0.2) is 0 Å². The molecule has 100 valence electrons. The van der Waals surface area contributed by atoms with Crippen molar-refractivity contribution in [3.05, 3.63) is 46.9 Å². The number of benzene rings is 1. The number of fused-ring (bicyclic) bond motifs is 1. The predicted molar refractivity (Wildman–Crippen MR) is 76.2 cm³/mol. The van der Waals surface area contributed by atoms with Gasteiger partial charge in [0, 0.05) is 11.6 Å². The first kappa shape index (κ1) is 12.4. The summed E-state index contributed by atoms with van der Waals surface area (Å²) in [5, 5.41) is 11.9. The topological polar surface area (TPSA) is 42.2 Å².